The van der Waals surface area contributed by atoms with E-state index in [2.05, 4.69) is 5.32 Å². The van der Waals surface area contributed by atoms with Crippen molar-refractivity contribution in [2.24, 2.45) is 0 Å². The summed E-state index contributed by atoms with van der Waals surface area (Å²) in [6.45, 7) is 3.21. The molecule has 0 aliphatic heterocycles. The quantitative estimate of drug-likeness (QED) is 0.663. The summed E-state index contributed by atoms with van der Waals surface area (Å²) in [5, 5.41) is 21.6. The lowest BCUT2D eigenvalue weighted by Gasteiger charge is -2.09. The molecular formula is C11H17NO2. The van der Waals surface area contributed by atoms with Crippen LogP contribution in [-0.4, -0.2) is 22.9 Å². The van der Waals surface area contributed by atoms with Gasteiger partial charge in [-0.3, -0.25) is 0 Å². The fourth-order valence-electron chi connectivity index (χ4n) is 1.19. The van der Waals surface area contributed by atoms with Crippen LogP contribution in [0.2, 0.25) is 0 Å². The lowest BCUT2D eigenvalue weighted by molar-refractivity contribution is 0.167. The van der Waals surface area contributed by atoms with Gasteiger partial charge in [-0.1, -0.05) is 19.1 Å². The van der Waals surface area contributed by atoms with E-state index in [1.807, 2.05) is 19.1 Å². The highest BCUT2D eigenvalue weighted by molar-refractivity contribution is 5.26. The number of phenolic OH excluding ortho intramolecular Hbond substituents is 1. The van der Waals surface area contributed by atoms with Gasteiger partial charge in [0.1, 0.15) is 5.75 Å². The molecule has 0 aliphatic carbocycles. The van der Waals surface area contributed by atoms with Crippen LogP contribution >= 0.6 is 0 Å². The summed E-state index contributed by atoms with van der Waals surface area (Å²) < 4.78 is 0. The molecule has 3 heteroatoms. The molecule has 0 saturated carbocycles. The molecule has 0 bridgehead atoms. The van der Waals surface area contributed by atoms with Gasteiger partial charge in [0.2, 0.25) is 0 Å². The minimum absolute atomic E-state index is 0.278. The summed E-state index contributed by atoms with van der Waals surface area (Å²) in [5.74, 6) is 0.278. The molecule has 0 fully saturated rings. The van der Waals surface area contributed by atoms with Crippen molar-refractivity contribution in [3.05, 3.63) is 29.8 Å². The molecule has 0 amide bonds. The third-order valence-corrected chi connectivity index (χ3v) is 2.09. The number of aromatic hydroxyl groups is 1. The predicted molar refractivity (Wildman–Crippen MR) is 56.1 cm³/mol. The molecule has 0 saturated heterocycles. The zero-order valence-corrected chi connectivity index (χ0v) is 8.40. The average Bonchev–Trinajstić information content (AvgIpc) is 2.17. The molecule has 3 nitrogen and oxygen atoms in total. The Morgan fingerprint density at radius 1 is 1.43 bits per heavy atom. The Morgan fingerprint density at radius 3 is 2.86 bits per heavy atom. The molecule has 78 valence electrons. The maximum Gasteiger partial charge on any atom is 0.115 e. The Hall–Kier alpha value is -1.06. The maximum absolute atomic E-state index is 9.28. The van der Waals surface area contributed by atoms with Crippen LogP contribution < -0.4 is 5.32 Å². The van der Waals surface area contributed by atoms with Crippen molar-refractivity contribution in [1.29, 1.82) is 0 Å². The largest absolute Gasteiger partial charge is 0.508 e. The van der Waals surface area contributed by atoms with E-state index in [-0.39, 0.29) is 11.9 Å². The predicted octanol–water partition coefficient (Wildman–Crippen LogP) is 1.25. The van der Waals surface area contributed by atoms with E-state index in [1.165, 1.54) is 0 Å². The molecule has 1 unspecified atom stereocenters. The monoisotopic (exact) mass is 195 g/mol. The van der Waals surface area contributed by atoms with Gasteiger partial charge in [-0.15, -0.1) is 0 Å². The third kappa shape index (κ3) is 3.77. The van der Waals surface area contributed by atoms with Crippen molar-refractivity contribution in [2.75, 3.05) is 6.54 Å². The number of rotatable bonds is 5. The van der Waals surface area contributed by atoms with Gasteiger partial charge in [-0.25, -0.2) is 0 Å². The Balaban J connectivity index is 2.31. The first-order valence-corrected chi connectivity index (χ1v) is 4.89. The molecule has 1 aromatic rings. The van der Waals surface area contributed by atoms with E-state index in [4.69, 9.17) is 0 Å². The van der Waals surface area contributed by atoms with E-state index in [1.54, 1.807) is 12.1 Å². The number of hydrogen-bond acceptors (Lipinski definition) is 3. The van der Waals surface area contributed by atoms with Crippen molar-refractivity contribution in [2.45, 2.75) is 26.0 Å². The lowest BCUT2D eigenvalue weighted by atomic mass is 10.2. The van der Waals surface area contributed by atoms with Gasteiger partial charge in [0, 0.05) is 13.1 Å². The van der Waals surface area contributed by atoms with Gasteiger partial charge < -0.3 is 15.5 Å². The second kappa shape index (κ2) is 5.62. The zero-order valence-electron chi connectivity index (χ0n) is 8.40. The second-order valence-corrected chi connectivity index (χ2v) is 3.36. The van der Waals surface area contributed by atoms with E-state index < -0.39 is 0 Å². The van der Waals surface area contributed by atoms with Gasteiger partial charge in [0.25, 0.3) is 0 Å². The number of aliphatic hydroxyl groups excluding tert-OH is 1. The van der Waals surface area contributed by atoms with Gasteiger partial charge in [-0.05, 0) is 24.1 Å². The standard InChI is InChI=1S/C11H17NO2/c1-2-10(13)8-12-7-9-4-3-5-11(14)6-9/h3-6,10,12-14H,2,7-8H2,1H3. The summed E-state index contributed by atoms with van der Waals surface area (Å²) in [4.78, 5) is 0. The van der Waals surface area contributed by atoms with Crippen LogP contribution in [-0.2, 0) is 6.54 Å². The van der Waals surface area contributed by atoms with E-state index in [0.29, 0.717) is 13.1 Å². The minimum Gasteiger partial charge on any atom is -0.508 e. The maximum atomic E-state index is 9.28. The first-order chi connectivity index (χ1) is 6.72. The number of benzene rings is 1. The Morgan fingerprint density at radius 2 is 2.21 bits per heavy atom. The molecule has 0 aromatic heterocycles. The van der Waals surface area contributed by atoms with Gasteiger partial charge in [0.05, 0.1) is 6.10 Å². The lowest BCUT2D eigenvalue weighted by Crippen LogP contribution is -2.25. The number of hydrogen-bond donors (Lipinski definition) is 3. The van der Waals surface area contributed by atoms with Gasteiger partial charge in [-0.2, -0.15) is 0 Å². The van der Waals surface area contributed by atoms with E-state index >= 15 is 0 Å². The molecule has 0 aliphatic rings. The molecule has 1 atom stereocenters. The van der Waals surface area contributed by atoms with Crippen molar-refractivity contribution in [3.63, 3.8) is 0 Å². The highest BCUT2D eigenvalue weighted by atomic mass is 16.3. The Labute approximate surface area is 84.4 Å². The minimum atomic E-state index is -0.285. The number of aliphatic hydroxyl groups is 1. The van der Waals surface area contributed by atoms with Gasteiger partial charge >= 0.3 is 0 Å². The topological polar surface area (TPSA) is 52.5 Å². The van der Waals surface area contributed by atoms with Crippen LogP contribution in [0, 0.1) is 0 Å². The van der Waals surface area contributed by atoms with E-state index in [0.717, 1.165) is 12.0 Å². The molecule has 3 N–H and O–H groups in total. The smallest absolute Gasteiger partial charge is 0.115 e. The fraction of sp³-hybridized carbons (Fsp3) is 0.455. The van der Waals surface area contributed by atoms with Crippen LogP contribution in [0.25, 0.3) is 0 Å². The highest BCUT2D eigenvalue weighted by Gasteiger charge is 1.99. The first-order valence-electron chi connectivity index (χ1n) is 4.89. The van der Waals surface area contributed by atoms with Crippen molar-refractivity contribution in [3.8, 4) is 5.75 Å². The normalized spacial score (nSPS) is 12.7. The zero-order chi connectivity index (χ0) is 10.4. The van der Waals surface area contributed by atoms with Gasteiger partial charge in [0.15, 0.2) is 0 Å². The fourth-order valence-corrected chi connectivity index (χ4v) is 1.19. The van der Waals surface area contributed by atoms with Crippen LogP contribution in [0.1, 0.15) is 18.9 Å². The number of phenols is 1. The summed E-state index contributed by atoms with van der Waals surface area (Å²) in [5.41, 5.74) is 1.02. The number of nitrogens with one attached hydrogen (secondary N) is 1. The van der Waals surface area contributed by atoms with Crippen LogP contribution in [0.5, 0.6) is 5.75 Å². The average molecular weight is 195 g/mol. The Kier molecular flexibility index (Phi) is 4.43. The summed E-state index contributed by atoms with van der Waals surface area (Å²) >= 11 is 0. The molecule has 1 aromatic carbocycles. The summed E-state index contributed by atoms with van der Waals surface area (Å²) in [6, 6.07) is 7.10. The molecule has 1 rings (SSSR count). The summed E-state index contributed by atoms with van der Waals surface area (Å²) in [7, 11) is 0. The van der Waals surface area contributed by atoms with Crippen LogP contribution in [0.3, 0.4) is 0 Å². The highest BCUT2D eigenvalue weighted by Crippen LogP contribution is 2.10. The third-order valence-electron chi connectivity index (χ3n) is 2.09. The molecule has 0 radical (unpaired) electrons. The molecule has 14 heavy (non-hydrogen) atoms. The summed E-state index contributed by atoms with van der Waals surface area (Å²) in [6.07, 6.45) is 0.472. The second-order valence-electron chi connectivity index (χ2n) is 3.36. The SMILES string of the molecule is CCC(O)CNCc1cccc(O)c1. The molecule has 0 heterocycles. The van der Waals surface area contributed by atoms with Crippen LogP contribution in [0.4, 0.5) is 0 Å². The van der Waals surface area contributed by atoms with E-state index in [9.17, 15) is 10.2 Å². The Bertz CT molecular complexity index is 276. The first kappa shape index (κ1) is 11.0. The van der Waals surface area contributed by atoms with Crippen molar-refractivity contribution < 1.29 is 10.2 Å². The van der Waals surface area contributed by atoms with Crippen LogP contribution in [0.15, 0.2) is 24.3 Å². The molecule has 0 spiro atoms. The van der Waals surface area contributed by atoms with Crippen molar-refractivity contribution in [1.82, 2.24) is 5.32 Å². The van der Waals surface area contributed by atoms with Crippen molar-refractivity contribution >= 4 is 0 Å². The molecular weight excluding hydrogens is 178 g/mol.